The summed E-state index contributed by atoms with van der Waals surface area (Å²) in [5, 5.41) is 17.2. The molecule has 0 radical (unpaired) electrons. The Hall–Kier alpha value is -3.18. The predicted octanol–water partition coefficient (Wildman–Crippen LogP) is 2.50. The van der Waals surface area contributed by atoms with E-state index in [9.17, 15) is 14.7 Å². The van der Waals surface area contributed by atoms with Crippen LogP contribution >= 0.6 is 0 Å². The van der Waals surface area contributed by atoms with Crippen LogP contribution in [0, 0.1) is 25.2 Å². The quantitative estimate of drug-likeness (QED) is 0.625. The fourth-order valence-corrected chi connectivity index (χ4v) is 4.10. The maximum absolute atomic E-state index is 13.5. The highest BCUT2D eigenvalue weighted by Gasteiger charge is 2.43. The molecule has 3 atom stereocenters. The first kappa shape index (κ1) is 24.5. The summed E-state index contributed by atoms with van der Waals surface area (Å²) in [6.07, 6.45) is 6.39. The summed E-state index contributed by atoms with van der Waals surface area (Å²) in [7, 11) is 0. The molecule has 2 aromatic rings. The normalized spacial score (nSPS) is 19.1. The molecule has 0 aliphatic carbocycles. The van der Waals surface area contributed by atoms with Gasteiger partial charge in [-0.25, -0.2) is 0 Å². The van der Waals surface area contributed by atoms with Crippen LogP contribution in [0.3, 0.4) is 0 Å². The van der Waals surface area contributed by atoms with E-state index in [1.54, 1.807) is 6.20 Å². The SMILES string of the molecule is C#Cc1cnc(CNC(=O)[C@@H]2C[C@@H](O)CN2C(=O)[C@@H](c2cc(C(C)C)no2)C(C)C)c(C)c1. The number of aliphatic hydroxyl groups is 1. The fraction of sp³-hybridized carbons (Fsp3) is 0.520. The van der Waals surface area contributed by atoms with E-state index in [0.717, 1.165) is 11.3 Å². The van der Waals surface area contributed by atoms with Crippen molar-refractivity contribution in [1.82, 2.24) is 20.4 Å². The number of nitrogens with zero attached hydrogens (tertiary/aromatic N) is 3. The Balaban J connectivity index is 1.76. The predicted molar refractivity (Wildman–Crippen MR) is 123 cm³/mol. The van der Waals surface area contributed by atoms with E-state index in [2.05, 4.69) is 21.4 Å². The van der Waals surface area contributed by atoms with Gasteiger partial charge in [-0.1, -0.05) is 38.8 Å². The van der Waals surface area contributed by atoms with Crippen LogP contribution in [0.1, 0.15) is 74.2 Å². The third-order valence-corrected chi connectivity index (χ3v) is 6.03. The Morgan fingerprint density at radius 1 is 1.33 bits per heavy atom. The minimum atomic E-state index is -0.772. The number of pyridine rings is 1. The summed E-state index contributed by atoms with van der Waals surface area (Å²) in [6, 6.07) is 2.87. The van der Waals surface area contributed by atoms with E-state index in [4.69, 9.17) is 10.9 Å². The molecule has 1 aliphatic rings. The van der Waals surface area contributed by atoms with Crippen LogP contribution in [0.4, 0.5) is 0 Å². The van der Waals surface area contributed by atoms with Crippen LogP contribution < -0.4 is 5.32 Å². The van der Waals surface area contributed by atoms with Crippen LogP contribution in [0.15, 0.2) is 22.9 Å². The van der Waals surface area contributed by atoms with Gasteiger partial charge in [0.25, 0.3) is 0 Å². The average molecular weight is 453 g/mol. The number of aryl methyl sites for hydroxylation is 1. The summed E-state index contributed by atoms with van der Waals surface area (Å²) in [5.74, 6) is 1.94. The molecule has 3 heterocycles. The average Bonchev–Trinajstić information content (AvgIpc) is 3.39. The molecule has 8 heteroatoms. The van der Waals surface area contributed by atoms with Gasteiger partial charge in [0.1, 0.15) is 17.7 Å². The Morgan fingerprint density at radius 3 is 2.64 bits per heavy atom. The number of carbonyl (C=O) groups is 2. The van der Waals surface area contributed by atoms with Gasteiger partial charge < -0.3 is 19.8 Å². The molecular weight excluding hydrogens is 420 g/mol. The molecule has 0 bridgehead atoms. The van der Waals surface area contributed by atoms with Crippen LogP contribution in [-0.4, -0.2) is 50.7 Å². The van der Waals surface area contributed by atoms with Gasteiger partial charge in [-0.2, -0.15) is 0 Å². The Morgan fingerprint density at radius 2 is 2.06 bits per heavy atom. The van der Waals surface area contributed by atoms with Gasteiger partial charge in [-0.05, 0) is 30.4 Å². The standard InChI is InChI=1S/C25H32N4O4/c1-7-17-8-16(6)20(26-11-17)12-27-24(31)21-9-18(30)13-29(21)25(32)23(15(4)5)22-10-19(14(2)3)28-33-22/h1,8,10-11,14-15,18,21,23,30H,9,12-13H2,2-6H3,(H,27,31)/t18-,21+,23-/m1/s1. The van der Waals surface area contributed by atoms with Gasteiger partial charge in [0.05, 0.1) is 24.0 Å². The van der Waals surface area contributed by atoms with Crippen molar-refractivity contribution in [3.05, 3.63) is 46.6 Å². The van der Waals surface area contributed by atoms with Crippen molar-refractivity contribution >= 4 is 11.8 Å². The summed E-state index contributed by atoms with van der Waals surface area (Å²) in [5.41, 5.74) is 3.02. The largest absolute Gasteiger partial charge is 0.391 e. The summed E-state index contributed by atoms with van der Waals surface area (Å²) >= 11 is 0. The highest BCUT2D eigenvalue weighted by atomic mass is 16.5. The highest BCUT2D eigenvalue weighted by molar-refractivity contribution is 5.91. The van der Waals surface area contributed by atoms with Crippen LogP contribution in [0.2, 0.25) is 0 Å². The molecule has 1 saturated heterocycles. The van der Waals surface area contributed by atoms with Crippen molar-refractivity contribution in [2.75, 3.05) is 6.54 Å². The molecule has 2 amide bonds. The van der Waals surface area contributed by atoms with Gasteiger partial charge in [0.2, 0.25) is 11.8 Å². The maximum Gasteiger partial charge on any atom is 0.243 e. The van der Waals surface area contributed by atoms with E-state index in [1.807, 2.05) is 46.8 Å². The third kappa shape index (κ3) is 5.42. The van der Waals surface area contributed by atoms with Gasteiger partial charge in [0, 0.05) is 30.8 Å². The Labute approximate surface area is 194 Å². The number of nitrogens with one attached hydrogen (secondary N) is 1. The second-order valence-electron chi connectivity index (χ2n) is 9.28. The summed E-state index contributed by atoms with van der Waals surface area (Å²) < 4.78 is 5.51. The molecule has 0 aromatic carbocycles. The number of rotatable bonds is 7. The molecular formula is C25H32N4O4. The minimum absolute atomic E-state index is 0.0755. The number of hydrogen-bond acceptors (Lipinski definition) is 6. The monoisotopic (exact) mass is 452 g/mol. The molecule has 176 valence electrons. The van der Waals surface area contributed by atoms with E-state index in [1.165, 1.54) is 4.90 Å². The number of likely N-dealkylation sites (tertiary alicyclic amines) is 1. The van der Waals surface area contributed by atoms with Crippen molar-refractivity contribution in [3.8, 4) is 12.3 Å². The number of carbonyl (C=O) groups excluding carboxylic acids is 2. The lowest BCUT2D eigenvalue weighted by Gasteiger charge is -2.28. The summed E-state index contributed by atoms with van der Waals surface area (Å²) in [4.78, 5) is 32.3. The molecule has 0 spiro atoms. The molecule has 1 aliphatic heterocycles. The molecule has 2 aromatic heterocycles. The zero-order chi connectivity index (χ0) is 24.3. The van der Waals surface area contributed by atoms with Crippen molar-refractivity contribution < 1.29 is 19.2 Å². The number of aliphatic hydroxyl groups excluding tert-OH is 1. The number of terminal acetylenes is 1. The van der Waals surface area contributed by atoms with Crippen molar-refractivity contribution in [3.63, 3.8) is 0 Å². The lowest BCUT2D eigenvalue weighted by molar-refractivity contribution is -0.141. The molecule has 1 fully saturated rings. The molecule has 8 nitrogen and oxygen atoms in total. The second-order valence-corrected chi connectivity index (χ2v) is 9.28. The smallest absolute Gasteiger partial charge is 0.243 e. The van der Waals surface area contributed by atoms with E-state index in [0.29, 0.717) is 17.0 Å². The van der Waals surface area contributed by atoms with Crippen molar-refractivity contribution in [2.45, 2.75) is 71.6 Å². The first-order valence-electron chi connectivity index (χ1n) is 11.3. The second kappa shape index (κ2) is 10.2. The molecule has 33 heavy (non-hydrogen) atoms. The highest BCUT2D eigenvalue weighted by Crippen LogP contribution is 2.32. The van der Waals surface area contributed by atoms with Crippen molar-refractivity contribution in [1.29, 1.82) is 0 Å². The van der Waals surface area contributed by atoms with Crippen LogP contribution in [0.5, 0.6) is 0 Å². The topological polar surface area (TPSA) is 109 Å². The number of aromatic nitrogens is 2. The number of hydrogen-bond donors (Lipinski definition) is 2. The van der Waals surface area contributed by atoms with E-state index >= 15 is 0 Å². The van der Waals surface area contributed by atoms with Crippen LogP contribution in [0.25, 0.3) is 0 Å². The zero-order valence-electron chi connectivity index (χ0n) is 19.8. The zero-order valence-corrected chi connectivity index (χ0v) is 19.8. The first-order valence-corrected chi connectivity index (χ1v) is 11.3. The molecule has 2 N–H and O–H groups in total. The van der Waals surface area contributed by atoms with Gasteiger partial charge >= 0.3 is 0 Å². The first-order chi connectivity index (χ1) is 15.6. The third-order valence-electron chi connectivity index (χ3n) is 6.03. The lowest BCUT2D eigenvalue weighted by atomic mass is 9.90. The number of amides is 2. The molecule has 3 rings (SSSR count). The minimum Gasteiger partial charge on any atom is -0.391 e. The Kier molecular flexibility index (Phi) is 7.54. The molecule has 0 unspecified atom stereocenters. The maximum atomic E-state index is 13.5. The summed E-state index contributed by atoms with van der Waals surface area (Å²) in [6.45, 7) is 10.0. The van der Waals surface area contributed by atoms with Gasteiger partial charge in [0.15, 0.2) is 0 Å². The Bertz CT molecular complexity index is 1050. The molecule has 0 saturated carbocycles. The van der Waals surface area contributed by atoms with Gasteiger partial charge in [-0.15, -0.1) is 6.42 Å². The van der Waals surface area contributed by atoms with E-state index < -0.39 is 18.1 Å². The van der Waals surface area contributed by atoms with Crippen molar-refractivity contribution in [2.24, 2.45) is 5.92 Å². The lowest BCUT2D eigenvalue weighted by Crippen LogP contribution is -2.48. The number of β-amino-alcohol motifs (C(OH)–C–C–N with tert-alkyl or cyclic N) is 1. The van der Waals surface area contributed by atoms with Crippen LogP contribution in [-0.2, 0) is 16.1 Å². The fourth-order valence-electron chi connectivity index (χ4n) is 4.10. The van der Waals surface area contributed by atoms with Gasteiger partial charge in [-0.3, -0.25) is 14.6 Å². The van der Waals surface area contributed by atoms with E-state index in [-0.39, 0.29) is 43.2 Å².